The van der Waals surface area contributed by atoms with Gasteiger partial charge in [0.25, 0.3) is 0 Å². The topological polar surface area (TPSA) is 12.0 Å². The fourth-order valence-corrected chi connectivity index (χ4v) is 1.39. The third-order valence-corrected chi connectivity index (χ3v) is 2.18. The number of rotatable bonds is 3. The Morgan fingerprint density at radius 3 is 2.36 bits per heavy atom. The van der Waals surface area contributed by atoms with Gasteiger partial charge < -0.3 is 5.32 Å². The summed E-state index contributed by atoms with van der Waals surface area (Å²) < 4.78 is 0. The molecule has 0 atom stereocenters. The van der Waals surface area contributed by atoms with Crippen molar-refractivity contribution in [2.75, 3.05) is 13.6 Å². The highest BCUT2D eigenvalue weighted by Gasteiger charge is 2.02. The fraction of sp³-hybridized carbons (Fsp3) is 0.600. The van der Waals surface area contributed by atoms with Crippen LogP contribution in [0.4, 0.5) is 0 Å². The average Bonchev–Trinajstić information content (AvgIpc) is 2.07. The normalized spacial score (nSPS) is 17.6. The smallest absolute Gasteiger partial charge is 0.0164 e. The molecule has 0 radical (unpaired) electrons. The average molecular weight is 151 g/mol. The minimum atomic E-state index is 1.05. The molecule has 62 valence electrons. The summed E-state index contributed by atoms with van der Waals surface area (Å²) in [6.45, 7) is 3.27. The lowest BCUT2D eigenvalue weighted by atomic mass is 9.97. The van der Waals surface area contributed by atoms with E-state index in [4.69, 9.17) is 0 Å². The van der Waals surface area contributed by atoms with Gasteiger partial charge in [-0.1, -0.05) is 30.2 Å². The zero-order valence-electron chi connectivity index (χ0n) is 7.48. The van der Waals surface area contributed by atoms with Crippen LogP contribution in [0, 0.1) is 0 Å². The first kappa shape index (κ1) is 8.54. The standard InChI is InChI=1S/C10H17N/c1-3-9-4-6-10(7-5-9)8-11-2/h4,6,11H,3,5,7-8H2,1-2H3. The highest BCUT2D eigenvalue weighted by Crippen LogP contribution is 2.19. The summed E-state index contributed by atoms with van der Waals surface area (Å²) in [7, 11) is 2.00. The highest BCUT2D eigenvalue weighted by atomic mass is 14.8. The number of likely N-dealkylation sites (N-methyl/N-ethyl adjacent to an activating group) is 1. The van der Waals surface area contributed by atoms with E-state index in [-0.39, 0.29) is 0 Å². The van der Waals surface area contributed by atoms with E-state index >= 15 is 0 Å². The largest absolute Gasteiger partial charge is 0.316 e. The van der Waals surface area contributed by atoms with E-state index in [0.717, 1.165) is 6.54 Å². The number of nitrogens with one attached hydrogen (secondary N) is 1. The van der Waals surface area contributed by atoms with Crippen molar-refractivity contribution >= 4 is 0 Å². The molecule has 0 amide bonds. The van der Waals surface area contributed by atoms with E-state index in [9.17, 15) is 0 Å². The zero-order valence-corrected chi connectivity index (χ0v) is 7.48. The number of allylic oxidation sites excluding steroid dienone is 3. The van der Waals surface area contributed by atoms with E-state index in [1.807, 2.05) is 7.05 Å². The first-order valence-electron chi connectivity index (χ1n) is 4.39. The Kier molecular flexibility index (Phi) is 3.37. The Balaban J connectivity index is 2.47. The molecule has 0 fully saturated rings. The Morgan fingerprint density at radius 2 is 1.91 bits per heavy atom. The third kappa shape index (κ3) is 2.51. The molecule has 0 spiro atoms. The summed E-state index contributed by atoms with van der Waals surface area (Å²) in [6.07, 6.45) is 8.27. The van der Waals surface area contributed by atoms with Gasteiger partial charge in [-0.25, -0.2) is 0 Å². The van der Waals surface area contributed by atoms with Gasteiger partial charge in [-0.3, -0.25) is 0 Å². The van der Waals surface area contributed by atoms with Crippen LogP contribution in [0.3, 0.4) is 0 Å². The molecule has 1 heteroatoms. The van der Waals surface area contributed by atoms with E-state index < -0.39 is 0 Å². The van der Waals surface area contributed by atoms with Crippen LogP contribution >= 0.6 is 0 Å². The summed E-state index contributed by atoms with van der Waals surface area (Å²) in [5.74, 6) is 0. The summed E-state index contributed by atoms with van der Waals surface area (Å²) in [6, 6.07) is 0. The van der Waals surface area contributed by atoms with E-state index in [2.05, 4.69) is 24.4 Å². The second kappa shape index (κ2) is 4.35. The minimum Gasteiger partial charge on any atom is -0.316 e. The summed E-state index contributed by atoms with van der Waals surface area (Å²) in [5, 5.41) is 3.17. The molecule has 1 aliphatic rings. The maximum Gasteiger partial charge on any atom is 0.0164 e. The Labute approximate surface area is 69.2 Å². The zero-order chi connectivity index (χ0) is 8.10. The molecule has 0 saturated heterocycles. The maximum absolute atomic E-state index is 3.17. The van der Waals surface area contributed by atoms with Crippen LogP contribution in [0.25, 0.3) is 0 Å². The van der Waals surface area contributed by atoms with Gasteiger partial charge in [0.05, 0.1) is 0 Å². The lowest BCUT2D eigenvalue weighted by molar-refractivity contribution is 0.783. The van der Waals surface area contributed by atoms with Crippen molar-refractivity contribution in [3.05, 3.63) is 23.3 Å². The van der Waals surface area contributed by atoms with Crippen LogP contribution in [0.15, 0.2) is 23.3 Å². The quantitative estimate of drug-likeness (QED) is 0.652. The molecule has 1 N–H and O–H groups in total. The Bertz CT molecular complexity index is 177. The van der Waals surface area contributed by atoms with Crippen molar-refractivity contribution in [3.63, 3.8) is 0 Å². The van der Waals surface area contributed by atoms with E-state index in [1.165, 1.54) is 24.8 Å². The molecule has 11 heavy (non-hydrogen) atoms. The SMILES string of the molecule is CCC1=CC=C(CNC)CC1. The molecule has 0 heterocycles. The van der Waals surface area contributed by atoms with Gasteiger partial charge in [-0.2, -0.15) is 0 Å². The number of hydrogen-bond acceptors (Lipinski definition) is 1. The molecule has 0 aromatic heterocycles. The molecule has 0 saturated carbocycles. The van der Waals surface area contributed by atoms with Gasteiger partial charge in [0.15, 0.2) is 0 Å². The predicted octanol–water partition coefficient (Wildman–Crippen LogP) is 2.26. The van der Waals surface area contributed by atoms with Crippen molar-refractivity contribution in [2.24, 2.45) is 0 Å². The van der Waals surface area contributed by atoms with Crippen molar-refractivity contribution in [1.82, 2.24) is 5.32 Å². The van der Waals surface area contributed by atoms with Gasteiger partial charge in [0.1, 0.15) is 0 Å². The lowest BCUT2D eigenvalue weighted by Gasteiger charge is -2.12. The van der Waals surface area contributed by atoms with Crippen molar-refractivity contribution < 1.29 is 0 Å². The van der Waals surface area contributed by atoms with Crippen molar-refractivity contribution in [2.45, 2.75) is 26.2 Å². The Hall–Kier alpha value is -0.560. The molecule has 0 unspecified atom stereocenters. The third-order valence-electron chi connectivity index (χ3n) is 2.18. The maximum atomic E-state index is 3.17. The molecule has 1 nitrogen and oxygen atoms in total. The molecular formula is C10H17N. The predicted molar refractivity (Wildman–Crippen MR) is 49.6 cm³/mol. The molecule has 0 aliphatic heterocycles. The van der Waals surface area contributed by atoms with E-state index in [0.29, 0.717) is 0 Å². The van der Waals surface area contributed by atoms with Gasteiger partial charge in [-0.05, 0) is 26.3 Å². The summed E-state index contributed by atoms with van der Waals surface area (Å²) >= 11 is 0. The van der Waals surface area contributed by atoms with Crippen LogP contribution in [-0.2, 0) is 0 Å². The van der Waals surface area contributed by atoms with Gasteiger partial charge in [0.2, 0.25) is 0 Å². The fourth-order valence-electron chi connectivity index (χ4n) is 1.39. The van der Waals surface area contributed by atoms with Crippen molar-refractivity contribution in [3.8, 4) is 0 Å². The minimum absolute atomic E-state index is 1.05. The Morgan fingerprint density at radius 1 is 1.27 bits per heavy atom. The molecule has 0 aromatic rings. The van der Waals surface area contributed by atoms with Crippen LogP contribution in [0.1, 0.15) is 26.2 Å². The number of hydrogen-bond donors (Lipinski definition) is 1. The summed E-state index contributed by atoms with van der Waals surface area (Å²) in [4.78, 5) is 0. The van der Waals surface area contributed by atoms with Crippen molar-refractivity contribution in [1.29, 1.82) is 0 Å². The van der Waals surface area contributed by atoms with Gasteiger partial charge in [-0.15, -0.1) is 0 Å². The van der Waals surface area contributed by atoms with Crippen LogP contribution in [0.5, 0.6) is 0 Å². The lowest BCUT2D eigenvalue weighted by Crippen LogP contribution is -2.11. The second-order valence-corrected chi connectivity index (χ2v) is 3.03. The molecule has 1 rings (SSSR count). The second-order valence-electron chi connectivity index (χ2n) is 3.03. The van der Waals surface area contributed by atoms with Crippen LogP contribution in [0.2, 0.25) is 0 Å². The first-order valence-corrected chi connectivity index (χ1v) is 4.39. The van der Waals surface area contributed by atoms with Gasteiger partial charge >= 0.3 is 0 Å². The molecule has 0 aromatic carbocycles. The monoisotopic (exact) mass is 151 g/mol. The molecular weight excluding hydrogens is 134 g/mol. The highest BCUT2D eigenvalue weighted by molar-refractivity contribution is 5.24. The first-order chi connectivity index (χ1) is 5.36. The van der Waals surface area contributed by atoms with Crippen LogP contribution in [-0.4, -0.2) is 13.6 Å². The van der Waals surface area contributed by atoms with Crippen LogP contribution < -0.4 is 5.32 Å². The van der Waals surface area contributed by atoms with E-state index in [1.54, 1.807) is 5.57 Å². The molecule has 0 bridgehead atoms. The summed E-state index contributed by atoms with van der Waals surface area (Å²) in [5.41, 5.74) is 3.12. The van der Waals surface area contributed by atoms with Gasteiger partial charge in [0, 0.05) is 6.54 Å². The molecule has 1 aliphatic carbocycles.